The summed E-state index contributed by atoms with van der Waals surface area (Å²) in [5.41, 5.74) is 0.841. The molecule has 3 rings (SSSR count). The van der Waals surface area contributed by atoms with Crippen LogP contribution in [-0.4, -0.2) is 45.3 Å². The first kappa shape index (κ1) is 10.5. The lowest BCUT2D eigenvalue weighted by Crippen LogP contribution is -2.51. The SMILES string of the molecule is CCC1CNCCN1c1nccn2cnnc12. The molecule has 1 fully saturated rings. The summed E-state index contributed by atoms with van der Waals surface area (Å²) in [5.74, 6) is 0.943. The predicted octanol–water partition coefficient (Wildman–Crippen LogP) is 0.312. The number of hydrogen-bond acceptors (Lipinski definition) is 5. The average Bonchev–Trinajstić information content (AvgIpc) is 2.86. The molecule has 0 spiro atoms. The molecule has 17 heavy (non-hydrogen) atoms. The van der Waals surface area contributed by atoms with E-state index in [1.807, 2.05) is 10.6 Å². The average molecular weight is 232 g/mol. The lowest BCUT2D eigenvalue weighted by molar-refractivity contribution is 0.463. The Balaban J connectivity index is 2.04. The van der Waals surface area contributed by atoms with Crippen molar-refractivity contribution < 1.29 is 0 Å². The zero-order valence-corrected chi connectivity index (χ0v) is 9.87. The Morgan fingerprint density at radius 3 is 3.35 bits per heavy atom. The summed E-state index contributed by atoms with van der Waals surface area (Å²) in [7, 11) is 0. The van der Waals surface area contributed by atoms with E-state index in [0.29, 0.717) is 6.04 Å². The van der Waals surface area contributed by atoms with Crippen LogP contribution in [0.15, 0.2) is 18.7 Å². The van der Waals surface area contributed by atoms with Gasteiger partial charge in [-0.15, -0.1) is 10.2 Å². The lowest BCUT2D eigenvalue weighted by Gasteiger charge is -2.36. The number of rotatable bonds is 2. The predicted molar refractivity (Wildman–Crippen MR) is 65.1 cm³/mol. The van der Waals surface area contributed by atoms with Crippen LogP contribution in [0.1, 0.15) is 13.3 Å². The quantitative estimate of drug-likeness (QED) is 0.807. The molecule has 6 nitrogen and oxygen atoms in total. The molecule has 2 aromatic rings. The van der Waals surface area contributed by atoms with E-state index < -0.39 is 0 Å². The van der Waals surface area contributed by atoms with Crippen LogP contribution < -0.4 is 10.2 Å². The van der Waals surface area contributed by atoms with Crippen LogP contribution in [0.25, 0.3) is 5.65 Å². The van der Waals surface area contributed by atoms with Gasteiger partial charge in [-0.2, -0.15) is 0 Å². The van der Waals surface area contributed by atoms with Crippen molar-refractivity contribution in [3.05, 3.63) is 18.7 Å². The Hall–Kier alpha value is -1.69. The lowest BCUT2D eigenvalue weighted by atomic mass is 10.1. The van der Waals surface area contributed by atoms with Crippen LogP contribution in [0.3, 0.4) is 0 Å². The second-order valence-electron chi connectivity index (χ2n) is 4.27. The Morgan fingerprint density at radius 2 is 2.47 bits per heavy atom. The summed E-state index contributed by atoms with van der Waals surface area (Å²) in [6.07, 6.45) is 6.50. The molecule has 1 saturated heterocycles. The topological polar surface area (TPSA) is 58.4 Å². The molecule has 0 bridgehead atoms. The fourth-order valence-corrected chi connectivity index (χ4v) is 2.35. The van der Waals surface area contributed by atoms with Crippen molar-refractivity contribution in [2.75, 3.05) is 24.5 Å². The second-order valence-corrected chi connectivity index (χ2v) is 4.27. The maximum atomic E-state index is 4.48. The monoisotopic (exact) mass is 232 g/mol. The number of piperazine rings is 1. The van der Waals surface area contributed by atoms with Gasteiger partial charge in [0.05, 0.1) is 0 Å². The van der Waals surface area contributed by atoms with E-state index in [1.165, 1.54) is 0 Å². The first-order valence-corrected chi connectivity index (χ1v) is 6.02. The molecule has 1 N–H and O–H groups in total. The molecule has 0 amide bonds. The normalized spacial score (nSPS) is 21.0. The summed E-state index contributed by atoms with van der Waals surface area (Å²) in [6, 6.07) is 0.485. The summed E-state index contributed by atoms with van der Waals surface area (Å²) in [5, 5.41) is 11.5. The molecule has 0 aliphatic carbocycles. The number of aromatic nitrogens is 4. The van der Waals surface area contributed by atoms with Gasteiger partial charge in [-0.05, 0) is 6.42 Å². The number of anilines is 1. The van der Waals surface area contributed by atoms with Gasteiger partial charge < -0.3 is 10.2 Å². The van der Waals surface area contributed by atoms with Crippen LogP contribution in [-0.2, 0) is 0 Å². The molecule has 1 aliphatic heterocycles. The van der Waals surface area contributed by atoms with Gasteiger partial charge in [0.15, 0.2) is 5.82 Å². The van der Waals surface area contributed by atoms with Crippen LogP contribution in [0.5, 0.6) is 0 Å². The van der Waals surface area contributed by atoms with Gasteiger partial charge >= 0.3 is 0 Å². The van der Waals surface area contributed by atoms with E-state index in [0.717, 1.165) is 37.5 Å². The van der Waals surface area contributed by atoms with E-state index in [-0.39, 0.29) is 0 Å². The van der Waals surface area contributed by atoms with E-state index in [2.05, 4.69) is 32.3 Å². The molecule has 3 heterocycles. The second kappa shape index (κ2) is 4.29. The maximum Gasteiger partial charge on any atom is 0.203 e. The zero-order chi connectivity index (χ0) is 11.7. The number of nitrogens with zero attached hydrogens (tertiary/aromatic N) is 5. The maximum absolute atomic E-state index is 4.48. The number of fused-ring (bicyclic) bond motifs is 1. The molecule has 1 unspecified atom stereocenters. The molecule has 1 atom stereocenters. The van der Waals surface area contributed by atoms with Gasteiger partial charge in [-0.25, -0.2) is 4.98 Å². The zero-order valence-electron chi connectivity index (χ0n) is 9.87. The van der Waals surface area contributed by atoms with Gasteiger partial charge in [-0.1, -0.05) is 6.92 Å². The highest BCUT2D eigenvalue weighted by atomic mass is 15.3. The van der Waals surface area contributed by atoms with E-state index >= 15 is 0 Å². The van der Waals surface area contributed by atoms with Crippen molar-refractivity contribution in [1.29, 1.82) is 0 Å². The van der Waals surface area contributed by atoms with Crippen molar-refractivity contribution >= 4 is 11.5 Å². The molecular formula is C11H16N6. The Kier molecular flexibility index (Phi) is 2.64. The third-order valence-electron chi connectivity index (χ3n) is 3.29. The van der Waals surface area contributed by atoms with Gasteiger partial charge in [0.2, 0.25) is 5.65 Å². The highest BCUT2D eigenvalue weighted by molar-refractivity contribution is 5.64. The van der Waals surface area contributed by atoms with Crippen LogP contribution in [0.2, 0.25) is 0 Å². The van der Waals surface area contributed by atoms with Crippen LogP contribution >= 0.6 is 0 Å². The van der Waals surface area contributed by atoms with Crippen molar-refractivity contribution in [3.63, 3.8) is 0 Å². The van der Waals surface area contributed by atoms with Crippen molar-refractivity contribution in [2.45, 2.75) is 19.4 Å². The molecule has 90 valence electrons. The summed E-state index contributed by atoms with van der Waals surface area (Å²) in [4.78, 5) is 6.81. The van der Waals surface area contributed by atoms with Crippen LogP contribution in [0.4, 0.5) is 5.82 Å². The Labute approximate surface area is 99.7 Å². The van der Waals surface area contributed by atoms with E-state index in [9.17, 15) is 0 Å². The Morgan fingerprint density at radius 1 is 1.53 bits per heavy atom. The minimum absolute atomic E-state index is 0.485. The van der Waals surface area contributed by atoms with Gasteiger partial charge in [0.25, 0.3) is 0 Å². The number of hydrogen-bond donors (Lipinski definition) is 1. The molecule has 1 aliphatic rings. The number of nitrogens with one attached hydrogen (secondary N) is 1. The van der Waals surface area contributed by atoms with E-state index in [1.54, 1.807) is 12.5 Å². The summed E-state index contributed by atoms with van der Waals surface area (Å²) in [6.45, 7) is 5.17. The first-order valence-electron chi connectivity index (χ1n) is 6.02. The third kappa shape index (κ3) is 1.74. The van der Waals surface area contributed by atoms with Gasteiger partial charge in [0, 0.05) is 38.1 Å². The highest BCUT2D eigenvalue weighted by Crippen LogP contribution is 2.20. The fourth-order valence-electron chi connectivity index (χ4n) is 2.35. The smallest absolute Gasteiger partial charge is 0.203 e. The first-order chi connectivity index (χ1) is 8.40. The van der Waals surface area contributed by atoms with E-state index in [4.69, 9.17) is 0 Å². The molecule has 0 saturated carbocycles. The fraction of sp³-hybridized carbons (Fsp3) is 0.545. The Bertz CT molecular complexity index is 507. The molecular weight excluding hydrogens is 216 g/mol. The summed E-state index contributed by atoms with van der Waals surface area (Å²) >= 11 is 0. The molecule has 6 heteroatoms. The minimum atomic E-state index is 0.485. The van der Waals surface area contributed by atoms with Crippen molar-refractivity contribution in [3.8, 4) is 0 Å². The minimum Gasteiger partial charge on any atom is -0.348 e. The molecule has 0 radical (unpaired) electrons. The summed E-state index contributed by atoms with van der Waals surface area (Å²) < 4.78 is 1.91. The van der Waals surface area contributed by atoms with Crippen molar-refractivity contribution in [2.24, 2.45) is 0 Å². The van der Waals surface area contributed by atoms with Gasteiger partial charge in [-0.3, -0.25) is 4.40 Å². The standard InChI is InChI=1S/C11H16N6/c1-2-9-7-12-3-6-17(9)10-11-15-14-8-16(11)5-4-13-10/h4-5,8-9,12H,2-3,6-7H2,1H3. The third-order valence-corrected chi connectivity index (χ3v) is 3.29. The van der Waals surface area contributed by atoms with Gasteiger partial charge in [0.1, 0.15) is 6.33 Å². The largest absolute Gasteiger partial charge is 0.348 e. The molecule has 0 aromatic carbocycles. The van der Waals surface area contributed by atoms with Crippen LogP contribution in [0, 0.1) is 0 Å². The van der Waals surface area contributed by atoms with Crippen molar-refractivity contribution in [1.82, 2.24) is 24.9 Å². The molecule has 2 aromatic heterocycles. The highest BCUT2D eigenvalue weighted by Gasteiger charge is 2.24.